The molecule has 0 saturated heterocycles. The first-order valence-corrected chi connectivity index (χ1v) is 9.43. The number of allylic oxidation sites excluding steroid dienone is 2. The smallest absolute Gasteiger partial charge is 0.387 e. The Hall–Kier alpha value is -2.53. The Kier molecular flexibility index (Phi) is 6.86. The van der Waals surface area contributed by atoms with Gasteiger partial charge < -0.3 is 14.8 Å². The summed E-state index contributed by atoms with van der Waals surface area (Å²) in [6.07, 6.45) is 1.41. The normalized spacial score (nSPS) is 17.1. The lowest BCUT2D eigenvalue weighted by Gasteiger charge is -2.30. The molecule has 1 aliphatic rings. The molecule has 5 nitrogen and oxygen atoms in total. The van der Waals surface area contributed by atoms with Crippen LogP contribution in [0.15, 0.2) is 46.1 Å². The monoisotopic (exact) mass is 394 g/mol. The second-order valence-corrected chi connectivity index (χ2v) is 6.84. The third kappa shape index (κ3) is 4.61. The first kappa shape index (κ1) is 20.8. The van der Waals surface area contributed by atoms with Crippen LogP contribution in [-0.4, -0.2) is 24.9 Å². The van der Waals surface area contributed by atoms with E-state index in [1.165, 1.54) is 17.8 Å². The van der Waals surface area contributed by atoms with E-state index in [0.717, 1.165) is 0 Å². The van der Waals surface area contributed by atoms with E-state index in [4.69, 9.17) is 4.74 Å². The van der Waals surface area contributed by atoms with Gasteiger partial charge in [-0.05, 0) is 33.1 Å². The van der Waals surface area contributed by atoms with Crippen LogP contribution >= 0.6 is 11.8 Å². The highest BCUT2D eigenvalue weighted by Gasteiger charge is 2.37. The van der Waals surface area contributed by atoms with Crippen LogP contribution in [0.3, 0.4) is 0 Å². The van der Waals surface area contributed by atoms with Crippen molar-refractivity contribution in [2.24, 2.45) is 0 Å². The summed E-state index contributed by atoms with van der Waals surface area (Å²) in [5, 5.41) is 13.3. The van der Waals surface area contributed by atoms with E-state index in [-0.39, 0.29) is 23.0 Å². The number of nitrogens with zero attached hydrogens (tertiary/aromatic N) is 1. The number of rotatable bonds is 6. The number of nitriles is 1. The molecule has 0 spiro atoms. The largest absolute Gasteiger partial charge is 0.460 e. The summed E-state index contributed by atoms with van der Waals surface area (Å²) in [5.74, 6) is -1.57. The molecular weight excluding hydrogens is 374 g/mol. The van der Waals surface area contributed by atoms with Crippen LogP contribution in [0.25, 0.3) is 0 Å². The second-order valence-electron chi connectivity index (χ2n) is 6.03. The SMILES string of the molecule is CSC1=C(C#N)C(c2ccccc2OC(F)F)C(C(=O)OC(C)C)=C(C)N1. The summed E-state index contributed by atoms with van der Waals surface area (Å²) in [7, 11) is 0. The third-order valence-electron chi connectivity index (χ3n) is 3.86. The molecule has 8 heteroatoms. The lowest BCUT2D eigenvalue weighted by atomic mass is 9.82. The molecule has 2 rings (SSSR count). The zero-order chi connectivity index (χ0) is 20.1. The molecule has 0 amide bonds. The fourth-order valence-electron chi connectivity index (χ4n) is 2.86. The van der Waals surface area contributed by atoms with Crippen molar-refractivity contribution >= 4 is 17.7 Å². The number of nitrogens with one attached hydrogen (secondary N) is 1. The number of esters is 1. The lowest BCUT2D eigenvalue weighted by Crippen LogP contribution is -2.30. The maximum absolute atomic E-state index is 12.9. The number of dihydropyridines is 1. The van der Waals surface area contributed by atoms with Gasteiger partial charge >= 0.3 is 12.6 Å². The average molecular weight is 394 g/mol. The van der Waals surface area contributed by atoms with Crippen LogP contribution in [0, 0.1) is 11.3 Å². The molecule has 1 aromatic carbocycles. The number of carbonyl (C=O) groups is 1. The van der Waals surface area contributed by atoms with Crippen molar-refractivity contribution in [1.29, 1.82) is 5.26 Å². The van der Waals surface area contributed by atoms with Gasteiger partial charge in [-0.3, -0.25) is 0 Å². The Labute approximate surface area is 161 Å². The maximum Gasteiger partial charge on any atom is 0.387 e. The van der Waals surface area contributed by atoms with E-state index in [1.54, 1.807) is 45.2 Å². The van der Waals surface area contributed by atoms with Crippen molar-refractivity contribution in [3.8, 4) is 11.8 Å². The van der Waals surface area contributed by atoms with Crippen LogP contribution in [-0.2, 0) is 9.53 Å². The van der Waals surface area contributed by atoms with Crippen molar-refractivity contribution in [2.45, 2.75) is 39.4 Å². The van der Waals surface area contributed by atoms with E-state index in [0.29, 0.717) is 16.3 Å². The minimum Gasteiger partial charge on any atom is -0.460 e. The second kappa shape index (κ2) is 8.91. The fourth-order valence-corrected chi connectivity index (χ4v) is 3.49. The van der Waals surface area contributed by atoms with Gasteiger partial charge in [0.2, 0.25) is 0 Å². The third-order valence-corrected chi connectivity index (χ3v) is 4.59. The van der Waals surface area contributed by atoms with Crippen LogP contribution in [0.4, 0.5) is 8.78 Å². The molecule has 1 aromatic rings. The summed E-state index contributed by atoms with van der Waals surface area (Å²) in [6.45, 7) is 2.08. The highest BCUT2D eigenvalue weighted by Crippen LogP contribution is 2.43. The van der Waals surface area contributed by atoms with E-state index in [9.17, 15) is 18.8 Å². The molecule has 0 aliphatic carbocycles. The number of thioether (sulfide) groups is 1. The highest BCUT2D eigenvalue weighted by atomic mass is 32.2. The molecule has 0 fully saturated rings. The van der Waals surface area contributed by atoms with Crippen molar-refractivity contribution in [3.05, 3.63) is 51.7 Å². The zero-order valence-electron chi connectivity index (χ0n) is 15.4. The van der Waals surface area contributed by atoms with E-state index >= 15 is 0 Å². The Balaban J connectivity index is 2.68. The number of alkyl halides is 2. The summed E-state index contributed by atoms with van der Waals surface area (Å²) in [5.41, 5.74) is 1.25. The highest BCUT2D eigenvalue weighted by molar-refractivity contribution is 8.02. The standard InChI is InChI=1S/C19H20F2N2O3S/c1-10(2)25-18(24)15-11(3)23-17(27-4)13(9-22)16(15)12-7-5-6-8-14(12)26-19(20)21/h5-8,10,16,19,23H,1-4H3. The van der Waals surface area contributed by atoms with Gasteiger partial charge in [-0.2, -0.15) is 14.0 Å². The van der Waals surface area contributed by atoms with Gasteiger partial charge in [0.15, 0.2) is 0 Å². The molecule has 1 unspecified atom stereocenters. The molecule has 1 heterocycles. The summed E-state index contributed by atoms with van der Waals surface area (Å²) in [4.78, 5) is 12.7. The Morgan fingerprint density at radius 2 is 2.00 bits per heavy atom. The number of para-hydroxylation sites is 1. The summed E-state index contributed by atoms with van der Waals surface area (Å²) in [6, 6.07) is 8.25. The van der Waals surface area contributed by atoms with Crippen molar-refractivity contribution in [2.75, 3.05) is 6.26 Å². The molecule has 0 aromatic heterocycles. The van der Waals surface area contributed by atoms with Crippen LogP contribution in [0.5, 0.6) is 5.75 Å². The van der Waals surface area contributed by atoms with Gasteiger partial charge in [0.1, 0.15) is 5.75 Å². The van der Waals surface area contributed by atoms with Gasteiger partial charge in [-0.25, -0.2) is 4.79 Å². The van der Waals surface area contributed by atoms with Crippen LogP contribution in [0.1, 0.15) is 32.3 Å². The van der Waals surface area contributed by atoms with Crippen molar-refractivity contribution in [1.82, 2.24) is 5.32 Å². The molecule has 27 heavy (non-hydrogen) atoms. The average Bonchev–Trinajstić information content (AvgIpc) is 2.59. The van der Waals surface area contributed by atoms with Gasteiger partial charge in [-0.15, -0.1) is 11.8 Å². The first-order valence-electron chi connectivity index (χ1n) is 8.20. The molecule has 1 aliphatic heterocycles. The number of halogens is 2. The van der Waals surface area contributed by atoms with Crippen LogP contribution in [0.2, 0.25) is 0 Å². The van der Waals surface area contributed by atoms with Crippen molar-refractivity contribution < 1.29 is 23.0 Å². The molecule has 1 N–H and O–H groups in total. The van der Waals surface area contributed by atoms with Gasteiger partial charge in [0, 0.05) is 11.3 Å². The van der Waals surface area contributed by atoms with Crippen LogP contribution < -0.4 is 10.1 Å². The van der Waals surface area contributed by atoms with E-state index in [2.05, 4.69) is 16.1 Å². The Morgan fingerprint density at radius 1 is 1.33 bits per heavy atom. The summed E-state index contributed by atoms with van der Waals surface area (Å²) < 4.78 is 35.7. The molecule has 0 saturated carbocycles. The summed E-state index contributed by atoms with van der Waals surface area (Å²) >= 11 is 1.30. The number of hydrogen-bond donors (Lipinski definition) is 1. The molecule has 144 valence electrons. The Bertz CT molecular complexity index is 828. The van der Waals surface area contributed by atoms with Gasteiger partial charge in [0.05, 0.1) is 34.3 Å². The minimum atomic E-state index is -3.03. The number of benzene rings is 1. The number of ether oxygens (including phenoxy) is 2. The van der Waals surface area contributed by atoms with Gasteiger partial charge in [-0.1, -0.05) is 18.2 Å². The molecule has 0 radical (unpaired) electrons. The molecule has 1 atom stereocenters. The number of carbonyl (C=O) groups excluding carboxylic acids is 1. The first-order chi connectivity index (χ1) is 12.8. The molecular formula is C19H20F2N2O3S. The Morgan fingerprint density at radius 3 is 2.56 bits per heavy atom. The predicted molar refractivity (Wildman–Crippen MR) is 99.0 cm³/mol. The van der Waals surface area contributed by atoms with E-state index < -0.39 is 18.5 Å². The van der Waals surface area contributed by atoms with Gasteiger partial charge in [0.25, 0.3) is 0 Å². The van der Waals surface area contributed by atoms with Crippen molar-refractivity contribution in [3.63, 3.8) is 0 Å². The fraction of sp³-hybridized carbons (Fsp3) is 0.368. The quantitative estimate of drug-likeness (QED) is 0.726. The predicted octanol–water partition coefficient (Wildman–Crippen LogP) is 4.30. The number of hydrogen-bond acceptors (Lipinski definition) is 6. The van der Waals surface area contributed by atoms with E-state index in [1.807, 2.05) is 0 Å². The minimum absolute atomic E-state index is 0.0877. The molecule has 0 bridgehead atoms. The lowest BCUT2D eigenvalue weighted by molar-refractivity contribution is -0.143. The maximum atomic E-state index is 12.9. The topological polar surface area (TPSA) is 71.3 Å². The zero-order valence-corrected chi connectivity index (χ0v) is 16.2.